The number of likely N-dealkylation sites (tertiary alicyclic amines) is 1. The number of hydrogen-bond donors (Lipinski definition) is 1. The van der Waals surface area contributed by atoms with E-state index in [1.807, 2.05) is 0 Å². The first-order valence-corrected chi connectivity index (χ1v) is 10.5. The van der Waals surface area contributed by atoms with E-state index < -0.39 is 5.60 Å². The highest BCUT2D eigenvalue weighted by atomic mass is 35.5. The second kappa shape index (κ2) is 8.59. The predicted octanol–water partition coefficient (Wildman–Crippen LogP) is 3.11. The number of piperidine rings is 1. The summed E-state index contributed by atoms with van der Waals surface area (Å²) in [7, 11) is 1.56. The summed E-state index contributed by atoms with van der Waals surface area (Å²) in [5, 5.41) is 3.19. The second-order valence-corrected chi connectivity index (χ2v) is 8.25. The molecule has 0 aromatic heterocycles. The minimum absolute atomic E-state index is 0.0233. The van der Waals surface area contributed by atoms with Crippen molar-refractivity contribution in [1.82, 2.24) is 10.2 Å². The molecule has 7 nitrogen and oxygen atoms in total. The number of methoxy groups -OCH3 is 1. The van der Waals surface area contributed by atoms with Crippen LogP contribution in [0.1, 0.15) is 40.0 Å². The van der Waals surface area contributed by atoms with Crippen molar-refractivity contribution in [3.05, 3.63) is 58.6 Å². The Kier molecular flexibility index (Phi) is 5.87. The van der Waals surface area contributed by atoms with E-state index in [-0.39, 0.29) is 30.6 Å². The summed E-state index contributed by atoms with van der Waals surface area (Å²) < 4.78 is 11.4. The number of amides is 2. The molecule has 2 aliphatic heterocycles. The molecule has 0 bridgehead atoms. The maximum atomic E-state index is 12.7. The topological polar surface area (TPSA) is 84.9 Å². The molecule has 0 atom stereocenters. The molecule has 2 amide bonds. The fourth-order valence-corrected chi connectivity index (χ4v) is 4.14. The number of benzene rings is 2. The largest absolute Gasteiger partial charge is 0.497 e. The van der Waals surface area contributed by atoms with Crippen LogP contribution in [0.2, 0.25) is 5.02 Å². The van der Waals surface area contributed by atoms with Crippen molar-refractivity contribution in [2.75, 3.05) is 26.7 Å². The molecule has 2 aromatic rings. The molecule has 8 heteroatoms. The van der Waals surface area contributed by atoms with E-state index in [4.69, 9.17) is 21.1 Å². The summed E-state index contributed by atoms with van der Waals surface area (Å²) in [5.41, 5.74) is 0.384. The lowest BCUT2D eigenvalue weighted by Gasteiger charge is -2.44. The van der Waals surface area contributed by atoms with Crippen molar-refractivity contribution in [3.63, 3.8) is 0 Å². The van der Waals surface area contributed by atoms with Gasteiger partial charge in [-0.2, -0.15) is 0 Å². The van der Waals surface area contributed by atoms with Gasteiger partial charge in [0.1, 0.15) is 17.1 Å². The fourth-order valence-electron chi connectivity index (χ4n) is 4.01. The highest BCUT2D eigenvalue weighted by Gasteiger charge is 2.43. The van der Waals surface area contributed by atoms with E-state index in [1.165, 1.54) is 0 Å². The number of rotatable bonds is 4. The van der Waals surface area contributed by atoms with E-state index in [9.17, 15) is 14.4 Å². The Bertz CT molecular complexity index is 1010. The van der Waals surface area contributed by atoms with E-state index in [1.54, 1.807) is 54.5 Å². The van der Waals surface area contributed by atoms with Crippen LogP contribution in [-0.4, -0.2) is 54.8 Å². The van der Waals surface area contributed by atoms with Gasteiger partial charge >= 0.3 is 0 Å². The van der Waals surface area contributed by atoms with Crippen LogP contribution >= 0.6 is 11.6 Å². The Morgan fingerprint density at radius 2 is 1.87 bits per heavy atom. The van der Waals surface area contributed by atoms with Crippen molar-refractivity contribution in [2.45, 2.75) is 24.9 Å². The van der Waals surface area contributed by atoms with Crippen molar-refractivity contribution < 1.29 is 23.9 Å². The average molecular weight is 443 g/mol. The van der Waals surface area contributed by atoms with Crippen LogP contribution in [0.25, 0.3) is 0 Å². The molecule has 0 saturated carbocycles. The number of halogens is 1. The van der Waals surface area contributed by atoms with Gasteiger partial charge in [-0.05, 0) is 42.5 Å². The summed E-state index contributed by atoms with van der Waals surface area (Å²) in [6, 6.07) is 11.7. The van der Waals surface area contributed by atoms with Gasteiger partial charge in [-0.15, -0.1) is 0 Å². The van der Waals surface area contributed by atoms with Gasteiger partial charge in [-0.3, -0.25) is 14.4 Å². The summed E-state index contributed by atoms with van der Waals surface area (Å²) in [6.45, 7) is 0.847. The zero-order chi connectivity index (χ0) is 22.0. The fraction of sp³-hybridized carbons (Fsp3) is 0.348. The van der Waals surface area contributed by atoms with Crippen molar-refractivity contribution in [1.29, 1.82) is 0 Å². The first-order valence-electron chi connectivity index (χ1n) is 10.1. The minimum atomic E-state index is -0.595. The highest BCUT2D eigenvalue weighted by Crippen LogP contribution is 2.40. The molecule has 2 aromatic carbocycles. The van der Waals surface area contributed by atoms with Crippen molar-refractivity contribution >= 4 is 29.2 Å². The van der Waals surface area contributed by atoms with Crippen LogP contribution in [0, 0.1) is 0 Å². The van der Waals surface area contributed by atoms with Crippen LogP contribution in [-0.2, 0) is 4.79 Å². The molecule has 162 valence electrons. The second-order valence-electron chi connectivity index (χ2n) is 7.82. The van der Waals surface area contributed by atoms with Crippen molar-refractivity contribution in [3.8, 4) is 11.5 Å². The molecule has 0 unspecified atom stereocenters. The number of ketones is 1. The lowest BCUT2D eigenvalue weighted by atomic mass is 9.82. The minimum Gasteiger partial charge on any atom is -0.497 e. The molecule has 31 heavy (non-hydrogen) atoms. The molecule has 4 rings (SSSR count). The Morgan fingerprint density at radius 1 is 1.16 bits per heavy atom. The Labute approximate surface area is 185 Å². The molecule has 1 spiro atoms. The third-order valence-electron chi connectivity index (χ3n) is 5.83. The number of Topliss-reactive ketones (excluding diaryl/α,β-unsaturated/α-hetero) is 1. The third-order valence-corrected chi connectivity index (χ3v) is 6.08. The molecule has 2 aliphatic rings. The Balaban J connectivity index is 1.33. The molecule has 1 fully saturated rings. The van der Waals surface area contributed by atoms with Crippen LogP contribution in [0.5, 0.6) is 11.5 Å². The molecule has 0 radical (unpaired) electrons. The quantitative estimate of drug-likeness (QED) is 0.786. The average Bonchev–Trinajstić information content (AvgIpc) is 2.78. The lowest BCUT2D eigenvalue weighted by molar-refractivity contribution is -0.133. The number of nitrogens with one attached hydrogen (secondary N) is 1. The maximum Gasteiger partial charge on any atom is 0.251 e. The number of nitrogens with zero attached hydrogens (tertiary/aromatic N) is 1. The number of carbonyl (C=O) groups excluding carboxylic acids is 3. The smallest absolute Gasteiger partial charge is 0.251 e. The number of fused-ring (bicyclic) bond motifs is 1. The van der Waals surface area contributed by atoms with Crippen LogP contribution in [0.15, 0.2) is 42.5 Å². The molecule has 1 saturated heterocycles. The number of hydrogen-bond acceptors (Lipinski definition) is 5. The van der Waals surface area contributed by atoms with E-state index >= 15 is 0 Å². The standard InChI is InChI=1S/C23H23ClN2O5/c1-30-17-6-7-20-18(12-17)19(27)13-23(31-20)8-10-26(11-9-23)21(28)14-25-22(29)15-2-4-16(24)5-3-15/h2-7,12H,8-11,13-14H2,1H3,(H,25,29). The van der Waals surface area contributed by atoms with Gasteiger partial charge in [0.25, 0.3) is 5.91 Å². The summed E-state index contributed by atoms with van der Waals surface area (Å²) in [5.74, 6) is 0.714. The van der Waals surface area contributed by atoms with Crippen molar-refractivity contribution in [2.24, 2.45) is 0 Å². The number of carbonyl (C=O) groups is 3. The van der Waals surface area contributed by atoms with Gasteiger partial charge in [0.2, 0.25) is 5.91 Å². The van der Waals surface area contributed by atoms with E-state index in [0.29, 0.717) is 53.6 Å². The molecule has 2 heterocycles. The van der Waals surface area contributed by atoms with Gasteiger partial charge in [0.15, 0.2) is 5.78 Å². The summed E-state index contributed by atoms with van der Waals surface area (Å²) in [4.78, 5) is 39.2. The first kappa shape index (κ1) is 21.2. The zero-order valence-electron chi connectivity index (χ0n) is 17.2. The first-order chi connectivity index (χ1) is 14.9. The zero-order valence-corrected chi connectivity index (χ0v) is 17.9. The van der Waals surface area contributed by atoms with Gasteiger partial charge in [0, 0.05) is 36.5 Å². The van der Waals surface area contributed by atoms with Gasteiger partial charge < -0.3 is 19.7 Å². The highest BCUT2D eigenvalue weighted by molar-refractivity contribution is 6.30. The molecule has 0 aliphatic carbocycles. The van der Waals surface area contributed by atoms with Crippen LogP contribution < -0.4 is 14.8 Å². The molecular formula is C23H23ClN2O5. The SMILES string of the molecule is COc1ccc2c(c1)C(=O)CC1(CCN(C(=O)CNC(=O)c3ccc(Cl)cc3)CC1)O2. The van der Waals surface area contributed by atoms with E-state index in [2.05, 4.69) is 5.32 Å². The molecular weight excluding hydrogens is 420 g/mol. The Hall–Kier alpha value is -3.06. The normalized spacial score (nSPS) is 17.0. The monoisotopic (exact) mass is 442 g/mol. The number of ether oxygens (including phenoxy) is 2. The Morgan fingerprint density at radius 3 is 2.55 bits per heavy atom. The summed E-state index contributed by atoms with van der Waals surface area (Å²) >= 11 is 5.83. The molecule has 1 N–H and O–H groups in total. The van der Waals surface area contributed by atoms with Gasteiger partial charge in [-0.25, -0.2) is 0 Å². The van der Waals surface area contributed by atoms with Crippen LogP contribution in [0.3, 0.4) is 0 Å². The van der Waals surface area contributed by atoms with Gasteiger partial charge in [-0.1, -0.05) is 11.6 Å². The summed E-state index contributed by atoms with van der Waals surface area (Å²) in [6.07, 6.45) is 1.39. The van der Waals surface area contributed by atoms with E-state index in [0.717, 1.165) is 0 Å². The third kappa shape index (κ3) is 4.51. The predicted molar refractivity (Wildman–Crippen MR) is 115 cm³/mol. The van der Waals surface area contributed by atoms with Gasteiger partial charge in [0.05, 0.1) is 25.6 Å². The lowest BCUT2D eigenvalue weighted by Crippen LogP contribution is -2.53. The maximum absolute atomic E-state index is 12.7. The van der Waals surface area contributed by atoms with Crippen LogP contribution in [0.4, 0.5) is 0 Å².